The van der Waals surface area contributed by atoms with Crippen LogP contribution in [0.25, 0.3) is 5.76 Å². The van der Waals surface area contributed by atoms with Gasteiger partial charge in [-0.2, -0.15) is 0 Å². The topological polar surface area (TPSA) is 102 Å². The molecule has 0 spiro atoms. The Balaban J connectivity index is 1.74. The van der Waals surface area contributed by atoms with E-state index >= 15 is 0 Å². The van der Waals surface area contributed by atoms with Crippen molar-refractivity contribution in [1.29, 1.82) is 0 Å². The van der Waals surface area contributed by atoms with Crippen molar-refractivity contribution in [2.24, 2.45) is 0 Å². The molecule has 0 radical (unpaired) electrons. The first-order chi connectivity index (χ1) is 17.9. The first-order valence-corrected chi connectivity index (χ1v) is 12.4. The minimum Gasteiger partial charge on any atom is -0.872 e. The normalized spacial score (nSPS) is 19.8. The van der Waals surface area contributed by atoms with Crippen LogP contribution in [0.15, 0.2) is 42.0 Å². The summed E-state index contributed by atoms with van der Waals surface area (Å²) in [4.78, 5) is 29.5. The number of likely N-dealkylation sites (tertiary alicyclic amines) is 1. The number of carbonyl (C=O) groups is 2. The molecule has 9 nitrogen and oxygen atoms in total. The second-order valence-corrected chi connectivity index (χ2v) is 9.24. The van der Waals surface area contributed by atoms with Gasteiger partial charge in [0.1, 0.15) is 18.8 Å². The van der Waals surface area contributed by atoms with Gasteiger partial charge < -0.3 is 33.9 Å². The Morgan fingerprint density at radius 3 is 2.32 bits per heavy atom. The molecule has 2 fully saturated rings. The molecule has 2 heterocycles. The summed E-state index contributed by atoms with van der Waals surface area (Å²) in [5.74, 6) is -0.286. The minimum absolute atomic E-state index is 0.0551. The molecule has 0 aromatic heterocycles. The Kier molecular flexibility index (Phi) is 8.35. The van der Waals surface area contributed by atoms with Crippen molar-refractivity contribution in [3.63, 3.8) is 0 Å². The van der Waals surface area contributed by atoms with Crippen LogP contribution in [0.5, 0.6) is 17.2 Å². The number of Topliss-reactive ketones (excluding diaryl/α,β-unsaturated/α-hetero) is 1. The van der Waals surface area contributed by atoms with Crippen LogP contribution < -0.4 is 24.2 Å². The number of nitrogens with zero attached hydrogens (tertiary/aromatic N) is 1. The Bertz CT molecular complexity index is 1190. The molecule has 0 aliphatic carbocycles. The first kappa shape index (κ1) is 26.5. The fourth-order valence-corrected chi connectivity index (χ4v) is 5.05. The average molecular weight is 511 g/mol. The Morgan fingerprint density at radius 2 is 1.68 bits per heavy atom. The molecule has 2 aromatic rings. The van der Waals surface area contributed by atoms with Crippen molar-refractivity contribution in [2.75, 3.05) is 60.7 Å². The third kappa shape index (κ3) is 5.42. The number of amides is 1. The van der Waals surface area contributed by atoms with Gasteiger partial charge in [0.25, 0.3) is 5.91 Å². The molecule has 1 amide bonds. The van der Waals surface area contributed by atoms with Gasteiger partial charge in [-0.3, -0.25) is 9.59 Å². The molecule has 1 N–H and O–H groups in total. The third-order valence-electron chi connectivity index (χ3n) is 7.04. The molecule has 37 heavy (non-hydrogen) atoms. The SMILES string of the molecule is COc1ccc(C([O-])=C2C(=O)C(=O)N(CCC[NH+]3CCOCC3)C2c2ccc(OC)c(OC)c2)cc1C. The van der Waals surface area contributed by atoms with Crippen LogP contribution in [0.4, 0.5) is 0 Å². The number of hydrogen-bond acceptors (Lipinski definition) is 7. The number of rotatable bonds is 9. The highest BCUT2D eigenvalue weighted by molar-refractivity contribution is 6.46. The summed E-state index contributed by atoms with van der Waals surface area (Å²) in [6, 6.07) is 9.38. The van der Waals surface area contributed by atoms with Gasteiger partial charge >= 0.3 is 0 Å². The summed E-state index contributed by atoms with van der Waals surface area (Å²) in [7, 11) is 4.61. The minimum atomic E-state index is -0.825. The van der Waals surface area contributed by atoms with E-state index < -0.39 is 23.5 Å². The Hall–Kier alpha value is -3.56. The number of ether oxygens (including phenoxy) is 4. The van der Waals surface area contributed by atoms with Crippen LogP contribution >= 0.6 is 0 Å². The highest BCUT2D eigenvalue weighted by atomic mass is 16.5. The van der Waals surface area contributed by atoms with Gasteiger partial charge in [0.2, 0.25) is 5.78 Å². The molecule has 0 saturated carbocycles. The lowest BCUT2D eigenvalue weighted by molar-refractivity contribution is -0.908. The zero-order valence-corrected chi connectivity index (χ0v) is 21.8. The lowest BCUT2D eigenvalue weighted by atomic mass is 9.94. The molecular formula is C28H34N2O7. The van der Waals surface area contributed by atoms with E-state index in [-0.39, 0.29) is 5.57 Å². The maximum atomic E-state index is 13.7. The number of aryl methyl sites for hydroxylation is 1. The van der Waals surface area contributed by atoms with Gasteiger partial charge in [0.05, 0.1) is 47.1 Å². The number of quaternary nitrogens is 1. The summed E-state index contributed by atoms with van der Waals surface area (Å²) in [5.41, 5.74) is 1.66. The largest absolute Gasteiger partial charge is 0.872 e. The third-order valence-corrected chi connectivity index (χ3v) is 7.04. The molecule has 9 heteroatoms. The fraction of sp³-hybridized carbons (Fsp3) is 0.429. The number of benzene rings is 2. The number of carbonyl (C=O) groups excluding carboxylic acids is 2. The number of nitrogens with one attached hydrogen (secondary N) is 1. The smallest absolute Gasteiger partial charge is 0.295 e. The molecule has 198 valence electrons. The summed E-state index contributed by atoms with van der Waals surface area (Å²) in [5, 5.41) is 13.7. The van der Waals surface area contributed by atoms with E-state index in [2.05, 4.69) is 0 Å². The van der Waals surface area contributed by atoms with E-state index in [1.54, 1.807) is 43.5 Å². The van der Waals surface area contributed by atoms with Crippen molar-refractivity contribution in [3.05, 3.63) is 58.7 Å². The summed E-state index contributed by atoms with van der Waals surface area (Å²) in [6.07, 6.45) is 0.696. The van der Waals surface area contributed by atoms with Crippen molar-refractivity contribution < 1.29 is 38.5 Å². The van der Waals surface area contributed by atoms with Crippen molar-refractivity contribution in [1.82, 2.24) is 4.90 Å². The lowest BCUT2D eigenvalue weighted by Gasteiger charge is -2.29. The monoisotopic (exact) mass is 510 g/mol. The van der Waals surface area contributed by atoms with E-state index in [1.165, 1.54) is 24.0 Å². The quantitative estimate of drug-likeness (QED) is 0.299. The Labute approximate surface area is 217 Å². The van der Waals surface area contributed by atoms with Crippen molar-refractivity contribution in [2.45, 2.75) is 19.4 Å². The summed E-state index contributed by atoms with van der Waals surface area (Å²) >= 11 is 0. The first-order valence-electron chi connectivity index (χ1n) is 12.4. The van der Waals surface area contributed by atoms with Gasteiger partial charge in [0, 0.05) is 18.5 Å². The molecule has 4 rings (SSSR count). The van der Waals surface area contributed by atoms with Crippen LogP contribution in [-0.4, -0.2) is 77.3 Å². The highest BCUT2D eigenvalue weighted by Crippen LogP contribution is 2.41. The number of methoxy groups -OCH3 is 3. The van der Waals surface area contributed by atoms with Crippen LogP contribution in [0.3, 0.4) is 0 Å². The van der Waals surface area contributed by atoms with E-state index in [0.29, 0.717) is 41.3 Å². The molecule has 0 bridgehead atoms. The van der Waals surface area contributed by atoms with Crippen molar-refractivity contribution in [3.8, 4) is 17.2 Å². The van der Waals surface area contributed by atoms with Crippen molar-refractivity contribution >= 4 is 17.4 Å². The van der Waals surface area contributed by atoms with E-state index in [9.17, 15) is 14.7 Å². The standard InChI is InChI=1S/C28H34N2O7/c1-18-16-20(7-8-21(18)34-2)26(31)24-25(19-6-9-22(35-3)23(17-19)36-4)30(28(33)27(24)32)11-5-10-29-12-14-37-15-13-29/h6-9,16-17,25,31H,5,10-15H2,1-4H3. The zero-order chi connectivity index (χ0) is 26.5. The average Bonchev–Trinajstić information content (AvgIpc) is 3.17. The van der Waals surface area contributed by atoms with Gasteiger partial charge in [-0.05, 0) is 47.9 Å². The maximum absolute atomic E-state index is 13.7. The second-order valence-electron chi connectivity index (χ2n) is 9.24. The van der Waals surface area contributed by atoms with Crippen LogP contribution in [0.2, 0.25) is 0 Å². The van der Waals surface area contributed by atoms with Crippen LogP contribution in [0.1, 0.15) is 29.2 Å². The van der Waals surface area contributed by atoms with Gasteiger partial charge in [-0.1, -0.05) is 17.9 Å². The molecule has 1 atom stereocenters. The zero-order valence-electron chi connectivity index (χ0n) is 21.8. The van der Waals surface area contributed by atoms with Gasteiger partial charge in [-0.15, -0.1) is 0 Å². The molecule has 1 unspecified atom stereocenters. The van der Waals surface area contributed by atoms with Gasteiger partial charge in [0.15, 0.2) is 11.5 Å². The van der Waals surface area contributed by atoms with Gasteiger partial charge in [-0.25, -0.2) is 0 Å². The molecule has 2 aromatic carbocycles. The molecular weight excluding hydrogens is 476 g/mol. The fourth-order valence-electron chi connectivity index (χ4n) is 5.05. The summed E-state index contributed by atoms with van der Waals surface area (Å²) in [6.45, 7) is 6.30. The van der Waals surface area contributed by atoms with Crippen LogP contribution in [-0.2, 0) is 14.3 Å². The highest BCUT2D eigenvalue weighted by Gasteiger charge is 2.44. The Morgan fingerprint density at radius 1 is 1.00 bits per heavy atom. The lowest BCUT2D eigenvalue weighted by Crippen LogP contribution is -3.14. The molecule has 2 aliphatic rings. The second kappa shape index (κ2) is 11.7. The predicted octanol–water partition coefficient (Wildman–Crippen LogP) is 0.550. The van der Waals surface area contributed by atoms with E-state index in [1.807, 2.05) is 6.92 Å². The summed E-state index contributed by atoms with van der Waals surface area (Å²) < 4.78 is 21.6. The maximum Gasteiger partial charge on any atom is 0.295 e. The van der Waals surface area contributed by atoms with E-state index in [4.69, 9.17) is 18.9 Å². The predicted molar refractivity (Wildman–Crippen MR) is 135 cm³/mol. The molecule has 2 saturated heterocycles. The number of hydrogen-bond donors (Lipinski definition) is 1. The number of morpholine rings is 1. The molecule has 2 aliphatic heterocycles. The number of ketones is 1. The van der Waals surface area contributed by atoms with Crippen LogP contribution in [0, 0.1) is 6.92 Å². The van der Waals surface area contributed by atoms with E-state index in [0.717, 1.165) is 38.4 Å².